The molecule has 0 amide bonds. The molecule has 0 N–H and O–H groups in total. The van der Waals surface area contributed by atoms with Gasteiger partial charge in [0, 0.05) is 19.6 Å². The zero-order valence-corrected chi connectivity index (χ0v) is 10.5. The molecule has 88 valence electrons. The third kappa shape index (κ3) is 2.71. The molecule has 1 aliphatic heterocycles. The monoisotopic (exact) mass is 238 g/mol. The standard InChI is InChI=1S/C13H18O2S/c1-2-11-5-8-16-13(11)12(14)9-10-3-6-15-7-4-10/h5,8,10H,2-4,6-7,9H2,1H3. The molecule has 1 fully saturated rings. The van der Waals surface area contributed by atoms with Gasteiger partial charge in [-0.1, -0.05) is 6.92 Å². The van der Waals surface area contributed by atoms with E-state index in [2.05, 4.69) is 13.0 Å². The Morgan fingerprint density at radius 3 is 2.94 bits per heavy atom. The molecule has 1 aromatic rings. The minimum atomic E-state index is 0.332. The highest BCUT2D eigenvalue weighted by Crippen LogP contribution is 2.25. The van der Waals surface area contributed by atoms with Crippen LogP contribution in [-0.4, -0.2) is 19.0 Å². The van der Waals surface area contributed by atoms with Crippen molar-refractivity contribution in [3.05, 3.63) is 21.9 Å². The minimum absolute atomic E-state index is 0.332. The van der Waals surface area contributed by atoms with E-state index in [1.807, 2.05) is 5.38 Å². The number of carbonyl (C=O) groups is 1. The molecule has 0 unspecified atom stereocenters. The van der Waals surface area contributed by atoms with Gasteiger partial charge in [0.05, 0.1) is 4.88 Å². The quantitative estimate of drug-likeness (QED) is 0.752. The lowest BCUT2D eigenvalue weighted by Crippen LogP contribution is -2.18. The van der Waals surface area contributed by atoms with Crippen LogP contribution in [0.1, 0.15) is 41.4 Å². The van der Waals surface area contributed by atoms with Gasteiger partial charge in [0.2, 0.25) is 0 Å². The van der Waals surface area contributed by atoms with Gasteiger partial charge in [-0.05, 0) is 42.2 Å². The Labute approximate surface area is 101 Å². The predicted octanol–water partition coefficient (Wildman–Crippen LogP) is 3.31. The third-order valence-electron chi connectivity index (χ3n) is 3.20. The Balaban J connectivity index is 1.96. The molecule has 0 aromatic carbocycles. The van der Waals surface area contributed by atoms with Crippen LogP contribution in [0.3, 0.4) is 0 Å². The molecule has 0 bridgehead atoms. The smallest absolute Gasteiger partial charge is 0.173 e. The summed E-state index contributed by atoms with van der Waals surface area (Å²) in [5, 5.41) is 2.02. The van der Waals surface area contributed by atoms with Gasteiger partial charge in [-0.2, -0.15) is 0 Å². The summed E-state index contributed by atoms with van der Waals surface area (Å²) in [5.41, 5.74) is 1.21. The molecule has 2 heterocycles. The lowest BCUT2D eigenvalue weighted by atomic mass is 9.93. The zero-order valence-electron chi connectivity index (χ0n) is 9.70. The van der Waals surface area contributed by atoms with E-state index in [1.54, 1.807) is 11.3 Å². The van der Waals surface area contributed by atoms with Crippen LogP contribution in [0.2, 0.25) is 0 Å². The second-order valence-corrected chi connectivity index (χ2v) is 5.23. The number of Topliss-reactive ketones (excluding diaryl/α,β-unsaturated/α-hetero) is 1. The topological polar surface area (TPSA) is 26.3 Å². The first-order valence-corrected chi connectivity index (χ1v) is 6.86. The molecule has 0 atom stereocenters. The fourth-order valence-corrected chi connectivity index (χ4v) is 3.11. The predicted molar refractivity (Wildman–Crippen MR) is 66.2 cm³/mol. The summed E-state index contributed by atoms with van der Waals surface area (Å²) >= 11 is 1.59. The van der Waals surface area contributed by atoms with Gasteiger partial charge in [-0.15, -0.1) is 11.3 Å². The summed E-state index contributed by atoms with van der Waals surface area (Å²) in [6.45, 7) is 3.75. The summed E-state index contributed by atoms with van der Waals surface area (Å²) < 4.78 is 5.31. The number of hydrogen-bond donors (Lipinski definition) is 0. The average molecular weight is 238 g/mol. The van der Waals surface area contributed by atoms with Crippen molar-refractivity contribution in [2.75, 3.05) is 13.2 Å². The highest BCUT2D eigenvalue weighted by atomic mass is 32.1. The van der Waals surface area contributed by atoms with Crippen molar-refractivity contribution in [3.8, 4) is 0 Å². The molecule has 1 aromatic heterocycles. The number of hydrogen-bond acceptors (Lipinski definition) is 3. The second-order valence-electron chi connectivity index (χ2n) is 4.31. The van der Waals surface area contributed by atoms with E-state index in [9.17, 15) is 4.79 Å². The Kier molecular flexibility index (Phi) is 4.13. The van der Waals surface area contributed by atoms with Crippen molar-refractivity contribution < 1.29 is 9.53 Å². The van der Waals surface area contributed by atoms with E-state index < -0.39 is 0 Å². The Hall–Kier alpha value is -0.670. The molecule has 1 aliphatic rings. The van der Waals surface area contributed by atoms with Crippen molar-refractivity contribution in [1.29, 1.82) is 0 Å². The molecule has 16 heavy (non-hydrogen) atoms. The third-order valence-corrected chi connectivity index (χ3v) is 4.19. The lowest BCUT2D eigenvalue weighted by molar-refractivity contribution is 0.0602. The van der Waals surface area contributed by atoms with Crippen molar-refractivity contribution in [1.82, 2.24) is 0 Å². The molecular weight excluding hydrogens is 220 g/mol. The van der Waals surface area contributed by atoms with Crippen molar-refractivity contribution in [3.63, 3.8) is 0 Å². The minimum Gasteiger partial charge on any atom is -0.381 e. The van der Waals surface area contributed by atoms with E-state index in [0.717, 1.165) is 37.4 Å². The van der Waals surface area contributed by atoms with Gasteiger partial charge >= 0.3 is 0 Å². The van der Waals surface area contributed by atoms with E-state index >= 15 is 0 Å². The lowest BCUT2D eigenvalue weighted by Gasteiger charge is -2.21. The van der Waals surface area contributed by atoms with Crippen LogP contribution in [-0.2, 0) is 11.2 Å². The summed E-state index contributed by atoms with van der Waals surface area (Å²) in [7, 11) is 0. The van der Waals surface area contributed by atoms with Crippen LogP contribution in [0.15, 0.2) is 11.4 Å². The summed E-state index contributed by atoms with van der Waals surface area (Å²) in [6.07, 6.45) is 3.74. The maximum atomic E-state index is 12.1. The first-order chi connectivity index (χ1) is 7.81. The number of ether oxygens (including phenoxy) is 1. The van der Waals surface area contributed by atoms with E-state index in [1.165, 1.54) is 5.56 Å². The Bertz CT molecular complexity index is 351. The fraction of sp³-hybridized carbons (Fsp3) is 0.615. The van der Waals surface area contributed by atoms with Crippen molar-refractivity contribution in [2.45, 2.75) is 32.6 Å². The Morgan fingerprint density at radius 2 is 2.25 bits per heavy atom. The first kappa shape index (κ1) is 11.8. The SMILES string of the molecule is CCc1ccsc1C(=O)CC1CCOCC1. The van der Waals surface area contributed by atoms with Crippen LogP contribution < -0.4 is 0 Å². The van der Waals surface area contributed by atoms with Crippen LogP contribution in [0, 0.1) is 5.92 Å². The zero-order chi connectivity index (χ0) is 11.4. The highest BCUT2D eigenvalue weighted by molar-refractivity contribution is 7.12. The fourth-order valence-electron chi connectivity index (χ4n) is 2.16. The van der Waals surface area contributed by atoms with Gasteiger partial charge in [0.25, 0.3) is 0 Å². The van der Waals surface area contributed by atoms with Crippen molar-refractivity contribution >= 4 is 17.1 Å². The molecule has 2 rings (SSSR count). The summed E-state index contributed by atoms with van der Waals surface area (Å²) in [6, 6.07) is 2.07. The highest BCUT2D eigenvalue weighted by Gasteiger charge is 2.20. The van der Waals surface area contributed by atoms with Gasteiger partial charge in [-0.3, -0.25) is 4.79 Å². The van der Waals surface area contributed by atoms with Crippen LogP contribution in [0.25, 0.3) is 0 Å². The maximum absolute atomic E-state index is 12.1. The second kappa shape index (κ2) is 5.60. The molecule has 0 spiro atoms. The summed E-state index contributed by atoms with van der Waals surface area (Å²) in [5.74, 6) is 0.867. The molecule has 1 saturated heterocycles. The molecular formula is C13H18O2S. The van der Waals surface area contributed by atoms with Crippen molar-refractivity contribution in [2.24, 2.45) is 5.92 Å². The Morgan fingerprint density at radius 1 is 1.50 bits per heavy atom. The number of ketones is 1. The van der Waals surface area contributed by atoms with Gasteiger partial charge in [0.15, 0.2) is 5.78 Å². The number of thiophene rings is 1. The number of rotatable bonds is 4. The maximum Gasteiger partial charge on any atom is 0.173 e. The van der Waals surface area contributed by atoms with Gasteiger partial charge in [-0.25, -0.2) is 0 Å². The van der Waals surface area contributed by atoms with Crippen LogP contribution in [0.5, 0.6) is 0 Å². The largest absolute Gasteiger partial charge is 0.381 e. The van der Waals surface area contributed by atoms with Crippen LogP contribution >= 0.6 is 11.3 Å². The van der Waals surface area contributed by atoms with E-state index in [-0.39, 0.29) is 0 Å². The molecule has 0 radical (unpaired) electrons. The molecule has 0 saturated carbocycles. The van der Waals surface area contributed by atoms with E-state index in [0.29, 0.717) is 18.1 Å². The van der Waals surface area contributed by atoms with Gasteiger partial charge in [0.1, 0.15) is 0 Å². The molecule has 0 aliphatic carbocycles. The normalized spacial score (nSPS) is 17.6. The number of carbonyl (C=O) groups excluding carboxylic acids is 1. The molecule has 2 nitrogen and oxygen atoms in total. The molecule has 3 heteroatoms. The summed E-state index contributed by atoms with van der Waals surface area (Å²) in [4.78, 5) is 13.1. The van der Waals surface area contributed by atoms with Gasteiger partial charge < -0.3 is 4.74 Å². The number of aryl methyl sites for hydroxylation is 1. The van der Waals surface area contributed by atoms with Crippen LogP contribution in [0.4, 0.5) is 0 Å². The average Bonchev–Trinajstić information content (AvgIpc) is 2.78. The van der Waals surface area contributed by atoms with E-state index in [4.69, 9.17) is 4.74 Å². The first-order valence-electron chi connectivity index (χ1n) is 5.98.